The van der Waals surface area contributed by atoms with Crippen LogP contribution in [0.5, 0.6) is 0 Å². The van der Waals surface area contributed by atoms with E-state index in [1.165, 1.54) is 18.6 Å². The van der Waals surface area contributed by atoms with Crippen molar-refractivity contribution in [3.05, 3.63) is 0 Å². The van der Waals surface area contributed by atoms with E-state index < -0.39 is 10.0 Å². The maximum atomic E-state index is 12.2. The lowest BCUT2D eigenvalue weighted by molar-refractivity contribution is 0.413. The Morgan fingerprint density at radius 3 is 3.00 bits per heavy atom. The van der Waals surface area contributed by atoms with E-state index in [0.29, 0.717) is 24.9 Å². The third kappa shape index (κ3) is 2.72. The second kappa shape index (κ2) is 5.25. The van der Waals surface area contributed by atoms with Crippen molar-refractivity contribution in [1.82, 2.24) is 9.62 Å². The first-order chi connectivity index (χ1) is 7.60. The molecule has 0 aromatic rings. The molecule has 0 bridgehead atoms. The van der Waals surface area contributed by atoms with Crippen molar-refractivity contribution >= 4 is 21.8 Å². The molecule has 0 aromatic carbocycles. The van der Waals surface area contributed by atoms with E-state index >= 15 is 0 Å². The van der Waals surface area contributed by atoms with Crippen LogP contribution in [0.2, 0.25) is 0 Å². The van der Waals surface area contributed by atoms with Crippen LogP contribution in [0.1, 0.15) is 19.8 Å². The molecule has 2 fully saturated rings. The largest absolute Gasteiger partial charge is 0.314 e. The van der Waals surface area contributed by atoms with E-state index in [4.69, 9.17) is 0 Å². The standard InChI is InChI=1S/C10H20N2O2S2/c1-9-7-11-4-5-12(16(9,13)14)8-10-3-2-6-15-10/h9-11H,2-8H2,1H3. The molecular weight excluding hydrogens is 244 g/mol. The molecule has 94 valence electrons. The minimum absolute atomic E-state index is 0.290. The first kappa shape index (κ1) is 12.7. The highest BCUT2D eigenvalue weighted by Gasteiger charge is 2.32. The van der Waals surface area contributed by atoms with Crippen LogP contribution in [0, 0.1) is 0 Å². The van der Waals surface area contributed by atoms with Gasteiger partial charge in [0.1, 0.15) is 0 Å². The van der Waals surface area contributed by atoms with Crippen LogP contribution in [0.25, 0.3) is 0 Å². The Hall–Kier alpha value is 0.220. The summed E-state index contributed by atoms with van der Waals surface area (Å²) in [4.78, 5) is 0. The zero-order valence-electron chi connectivity index (χ0n) is 9.68. The smallest absolute Gasteiger partial charge is 0.218 e. The Morgan fingerprint density at radius 1 is 1.50 bits per heavy atom. The molecule has 2 unspecified atom stereocenters. The average molecular weight is 264 g/mol. The lowest BCUT2D eigenvalue weighted by Gasteiger charge is -2.24. The zero-order valence-corrected chi connectivity index (χ0v) is 11.3. The predicted molar refractivity (Wildman–Crippen MR) is 68.3 cm³/mol. The maximum Gasteiger partial charge on any atom is 0.218 e. The van der Waals surface area contributed by atoms with Gasteiger partial charge in [-0.05, 0) is 25.5 Å². The molecule has 4 nitrogen and oxygen atoms in total. The first-order valence-electron chi connectivity index (χ1n) is 5.92. The highest BCUT2D eigenvalue weighted by atomic mass is 32.2. The van der Waals surface area contributed by atoms with Crippen molar-refractivity contribution < 1.29 is 8.42 Å². The molecule has 2 aliphatic heterocycles. The van der Waals surface area contributed by atoms with Crippen molar-refractivity contribution in [3.63, 3.8) is 0 Å². The summed E-state index contributed by atoms with van der Waals surface area (Å²) in [5.41, 5.74) is 0. The number of sulfonamides is 1. The van der Waals surface area contributed by atoms with E-state index in [-0.39, 0.29) is 5.25 Å². The van der Waals surface area contributed by atoms with Gasteiger partial charge in [0.05, 0.1) is 5.25 Å². The monoisotopic (exact) mass is 264 g/mol. The molecule has 2 rings (SSSR count). The van der Waals surface area contributed by atoms with E-state index in [1.54, 1.807) is 11.2 Å². The number of nitrogens with one attached hydrogen (secondary N) is 1. The second-order valence-corrected chi connectivity index (χ2v) is 8.31. The number of hydrogen-bond acceptors (Lipinski definition) is 4. The fourth-order valence-electron chi connectivity index (χ4n) is 2.21. The predicted octanol–water partition coefficient (Wildman–Crippen LogP) is 0.505. The van der Waals surface area contributed by atoms with Crippen molar-refractivity contribution in [1.29, 1.82) is 0 Å². The topological polar surface area (TPSA) is 49.4 Å². The van der Waals surface area contributed by atoms with Gasteiger partial charge in [0.15, 0.2) is 0 Å². The summed E-state index contributed by atoms with van der Waals surface area (Å²) in [6, 6.07) is 0. The summed E-state index contributed by atoms with van der Waals surface area (Å²) >= 11 is 1.92. The molecule has 0 aromatic heterocycles. The summed E-state index contributed by atoms with van der Waals surface area (Å²) < 4.78 is 26.1. The molecule has 0 radical (unpaired) electrons. The molecule has 2 heterocycles. The van der Waals surface area contributed by atoms with Crippen LogP contribution in [-0.4, -0.2) is 55.2 Å². The number of rotatable bonds is 2. The van der Waals surface area contributed by atoms with E-state index in [0.717, 1.165) is 6.54 Å². The van der Waals surface area contributed by atoms with Crippen molar-refractivity contribution in [3.8, 4) is 0 Å². The third-order valence-electron chi connectivity index (χ3n) is 3.27. The van der Waals surface area contributed by atoms with E-state index in [2.05, 4.69) is 5.32 Å². The van der Waals surface area contributed by atoms with Crippen molar-refractivity contribution in [2.24, 2.45) is 0 Å². The van der Waals surface area contributed by atoms with Crippen molar-refractivity contribution in [2.45, 2.75) is 30.3 Å². The van der Waals surface area contributed by atoms with Gasteiger partial charge in [-0.15, -0.1) is 0 Å². The number of hydrogen-bond donors (Lipinski definition) is 1. The molecule has 0 spiro atoms. The van der Waals surface area contributed by atoms with Gasteiger partial charge < -0.3 is 5.32 Å². The molecule has 2 atom stereocenters. The van der Waals surface area contributed by atoms with Gasteiger partial charge in [-0.25, -0.2) is 8.42 Å². The van der Waals surface area contributed by atoms with E-state index in [1.807, 2.05) is 11.8 Å². The Bertz CT molecular complexity index is 326. The summed E-state index contributed by atoms with van der Waals surface area (Å²) in [5, 5.41) is 3.40. The molecular formula is C10H20N2O2S2. The fraction of sp³-hybridized carbons (Fsp3) is 1.00. The number of thioether (sulfide) groups is 1. The van der Waals surface area contributed by atoms with Gasteiger partial charge in [-0.1, -0.05) is 0 Å². The molecule has 1 N–H and O–H groups in total. The summed E-state index contributed by atoms with van der Waals surface area (Å²) in [6.07, 6.45) is 2.40. The van der Waals surface area contributed by atoms with Gasteiger partial charge in [0.25, 0.3) is 0 Å². The molecule has 2 aliphatic rings. The summed E-state index contributed by atoms with van der Waals surface area (Å²) in [5.74, 6) is 1.19. The molecule has 0 amide bonds. The van der Waals surface area contributed by atoms with Gasteiger partial charge >= 0.3 is 0 Å². The molecule has 2 saturated heterocycles. The van der Waals surface area contributed by atoms with E-state index in [9.17, 15) is 8.42 Å². The van der Waals surface area contributed by atoms with Crippen LogP contribution in [0.4, 0.5) is 0 Å². The van der Waals surface area contributed by atoms with Gasteiger partial charge in [-0.3, -0.25) is 0 Å². The Balaban J connectivity index is 2.04. The van der Waals surface area contributed by atoms with Gasteiger partial charge in [0.2, 0.25) is 10.0 Å². The molecule has 0 saturated carbocycles. The van der Waals surface area contributed by atoms with Crippen molar-refractivity contribution in [2.75, 3.05) is 31.9 Å². The zero-order chi connectivity index (χ0) is 11.6. The molecule has 6 heteroatoms. The minimum atomic E-state index is -3.07. The molecule has 0 aliphatic carbocycles. The Kier molecular flexibility index (Phi) is 4.15. The average Bonchev–Trinajstić information content (AvgIpc) is 2.70. The maximum absolute atomic E-state index is 12.2. The lowest BCUT2D eigenvalue weighted by Crippen LogP contribution is -2.41. The van der Waals surface area contributed by atoms with Crippen LogP contribution >= 0.6 is 11.8 Å². The number of nitrogens with zero attached hydrogens (tertiary/aromatic N) is 1. The first-order valence-corrected chi connectivity index (χ1v) is 8.47. The molecule has 16 heavy (non-hydrogen) atoms. The van der Waals surface area contributed by atoms with Gasteiger partial charge in [0, 0.05) is 31.4 Å². The SMILES string of the molecule is CC1CNCCN(CC2CCCS2)S1(=O)=O. The lowest BCUT2D eigenvalue weighted by atomic mass is 10.2. The van der Waals surface area contributed by atoms with Crippen LogP contribution in [0.3, 0.4) is 0 Å². The highest BCUT2D eigenvalue weighted by molar-refractivity contribution is 8.00. The van der Waals surface area contributed by atoms with Crippen LogP contribution in [-0.2, 0) is 10.0 Å². The Labute approximate surface area is 102 Å². The Morgan fingerprint density at radius 2 is 2.31 bits per heavy atom. The normalized spacial score (nSPS) is 36.1. The van der Waals surface area contributed by atoms with Crippen LogP contribution in [0.15, 0.2) is 0 Å². The third-order valence-corrected chi connectivity index (χ3v) is 6.89. The second-order valence-electron chi connectivity index (χ2n) is 4.55. The van der Waals surface area contributed by atoms with Gasteiger partial charge in [-0.2, -0.15) is 16.1 Å². The highest BCUT2D eigenvalue weighted by Crippen LogP contribution is 2.28. The minimum Gasteiger partial charge on any atom is -0.314 e. The summed E-state index contributed by atoms with van der Waals surface area (Å²) in [6.45, 7) is 4.49. The van der Waals surface area contributed by atoms with Crippen LogP contribution < -0.4 is 5.32 Å². The summed E-state index contributed by atoms with van der Waals surface area (Å²) in [7, 11) is -3.07. The fourth-order valence-corrected chi connectivity index (χ4v) is 5.16. The quantitative estimate of drug-likeness (QED) is 0.789.